The van der Waals surface area contributed by atoms with Crippen LogP contribution in [0.15, 0.2) is 18.2 Å². The average molecular weight is 287 g/mol. The molecule has 0 bridgehead atoms. The van der Waals surface area contributed by atoms with Crippen LogP contribution in [0, 0.1) is 12.8 Å². The fraction of sp³-hybridized carbons (Fsp3) is 0.533. The second kappa shape index (κ2) is 5.81. The molecule has 1 unspecified atom stereocenters. The molecule has 1 aromatic heterocycles. The number of benzene rings is 1. The molecule has 112 valence electrons. The van der Waals surface area contributed by atoms with E-state index in [-0.39, 0.29) is 6.04 Å². The molecule has 6 nitrogen and oxygen atoms in total. The maximum atomic E-state index is 6.19. The predicted octanol–water partition coefficient (Wildman–Crippen LogP) is 2.22. The van der Waals surface area contributed by atoms with Gasteiger partial charge < -0.3 is 10.5 Å². The number of hydrogen-bond acceptors (Lipinski definition) is 5. The van der Waals surface area contributed by atoms with E-state index >= 15 is 0 Å². The van der Waals surface area contributed by atoms with Crippen molar-refractivity contribution < 1.29 is 4.74 Å². The number of aryl methyl sites for hydroxylation is 1. The summed E-state index contributed by atoms with van der Waals surface area (Å²) in [4.78, 5) is 0. The summed E-state index contributed by atoms with van der Waals surface area (Å²) >= 11 is 0. The highest BCUT2D eigenvalue weighted by molar-refractivity contribution is 5.74. The van der Waals surface area contributed by atoms with Crippen LogP contribution in [0.25, 0.3) is 11.4 Å². The number of nitrogens with two attached hydrogens (primary N) is 1. The lowest BCUT2D eigenvalue weighted by Crippen LogP contribution is -2.25. The maximum Gasteiger partial charge on any atom is 0.184 e. The Balaban J connectivity index is 1.95. The summed E-state index contributed by atoms with van der Waals surface area (Å²) in [5.41, 5.74) is 8.88. The van der Waals surface area contributed by atoms with Crippen molar-refractivity contribution in [3.63, 3.8) is 0 Å². The molecular weight excluding hydrogens is 266 g/mol. The number of anilines is 1. The maximum absolute atomic E-state index is 6.19. The van der Waals surface area contributed by atoms with Gasteiger partial charge >= 0.3 is 0 Å². The van der Waals surface area contributed by atoms with Gasteiger partial charge in [-0.1, -0.05) is 12.1 Å². The summed E-state index contributed by atoms with van der Waals surface area (Å²) in [5.74, 6) is 1.28. The third-order valence-corrected chi connectivity index (χ3v) is 4.39. The minimum absolute atomic E-state index is 0.235. The molecule has 2 heterocycles. The lowest BCUT2D eigenvalue weighted by atomic mass is 9.93. The van der Waals surface area contributed by atoms with Gasteiger partial charge in [0.2, 0.25) is 0 Å². The first-order chi connectivity index (χ1) is 10.2. The van der Waals surface area contributed by atoms with Gasteiger partial charge in [0.05, 0.1) is 6.04 Å². The van der Waals surface area contributed by atoms with Crippen LogP contribution in [0.1, 0.15) is 31.4 Å². The molecule has 0 spiro atoms. The topological polar surface area (TPSA) is 78.8 Å². The van der Waals surface area contributed by atoms with Crippen molar-refractivity contribution in [2.75, 3.05) is 18.9 Å². The van der Waals surface area contributed by atoms with E-state index in [0.717, 1.165) is 48.7 Å². The highest BCUT2D eigenvalue weighted by Gasteiger charge is 2.26. The first-order valence-electron chi connectivity index (χ1n) is 7.39. The van der Waals surface area contributed by atoms with Crippen LogP contribution >= 0.6 is 0 Å². The molecule has 1 fully saturated rings. The van der Waals surface area contributed by atoms with Gasteiger partial charge in [0.25, 0.3) is 0 Å². The zero-order chi connectivity index (χ0) is 14.8. The summed E-state index contributed by atoms with van der Waals surface area (Å²) in [5, 5.41) is 12.3. The smallest absolute Gasteiger partial charge is 0.184 e. The van der Waals surface area contributed by atoms with Gasteiger partial charge in [-0.05, 0) is 54.7 Å². The van der Waals surface area contributed by atoms with E-state index in [1.165, 1.54) is 0 Å². The summed E-state index contributed by atoms with van der Waals surface area (Å²) < 4.78 is 7.34. The molecule has 1 aliphatic rings. The Morgan fingerprint density at radius 3 is 2.86 bits per heavy atom. The molecule has 2 aromatic rings. The van der Waals surface area contributed by atoms with E-state index in [0.29, 0.717) is 5.92 Å². The van der Waals surface area contributed by atoms with Gasteiger partial charge in [-0.25, -0.2) is 4.68 Å². The van der Waals surface area contributed by atoms with Crippen molar-refractivity contribution in [3.05, 3.63) is 23.8 Å². The van der Waals surface area contributed by atoms with E-state index in [1.807, 2.05) is 29.8 Å². The van der Waals surface area contributed by atoms with Crippen LogP contribution in [0.3, 0.4) is 0 Å². The van der Waals surface area contributed by atoms with E-state index < -0.39 is 0 Å². The molecule has 0 saturated carbocycles. The van der Waals surface area contributed by atoms with Crippen LogP contribution in [0.2, 0.25) is 0 Å². The van der Waals surface area contributed by atoms with E-state index in [2.05, 4.69) is 22.4 Å². The van der Waals surface area contributed by atoms with Crippen LogP contribution in [-0.4, -0.2) is 33.4 Å². The van der Waals surface area contributed by atoms with Crippen LogP contribution in [0.4, 0.5) is 5.69 Å². The van der Waals surface area contributed by atoms with Crippen molar-refractivity contribution in [2.24, 2.45) is 5.92 Å². The SMILES string of the molecule is Cc1cccc(-c2nnnn2C(C)C2CCOCC2)c1N. The minimum Gasteiger partial charge on any atom is -0.398 e. The van der Waals surface area contributed by atoms with E-state index in [4.69, 9.17) is 10.5 Å². The van der Waals surface area contributed by atoms with Gasteiger partial charge in [-0.3, -0.25) is 0 Å². The lowest BCUT2D eigenvalue weighted by molar-refractivity contribution is 0.0495. The number of aromatic nitrogens is 4. The van der Waals surface area contributed by atoms with Crippen molar-refractivity contribution >= 4 is 5.69 Å². The number of ether oxygens (including phenoxy) is 1. The Kier molecular flexibility index (Phi) is 3.88. The highest BCUT2D eigenvalue weighted by Crippen LogP contribution is 2.32. The first-order valence-corrected chi connectivity index (χ1v) is 7.39. The number of nitrogens with zero attached hydrogens (tertiary/aromatic N) is 4. The molecule has 6 heteroatoms. The molecule has 0 radical (unpaired) electrons. The first kappa shape index (κ1) is 14.0. The van der Waals surface area contributed by atoms with Crippen molar-refractivity contribution in [1.29, 1.82) is 0 Å². The predicted molar refractivity (Wildman–Crippen MR) is 80.7 cm³/mol. The second-order valence-electron chi connectivity index (χ2n) is 5.67. The molecule has 3 rings (SSSR count). The van der Waals surface area contributed by atoms with Crippen LogP contribution in [-0.2, 0) is 4.74 Å². The van der Waals surface area contributed by atoms with E-state index in [1.54, 1.807) is 0 Å². The van der Waals surface area contributed by atoms with Crippen molar-refractivity contribution in [3.8, 4) is 11.4 Å². The summed E-state index contributed by atoms with van der Waals surface area (Å²) in [7, 11) is 0. The van der Waals surface area contributed by atoms with Crippen LogP contribution < -0.4 is 5.73 Å². The van der Waals surface area contributed by atoms with Gasteiger partial charge in [-0.2, -0.15) is 0 Å². The quantitative estimate of drug-likeness (QED) is 0.876. The molecule has 1 atom stereocenters. The second-order valence-corrected chi connectivity index (χ2v) is 5.67. The van der Waals surface area contributed by atoms with Crippen LogP contribution in [0.5, 0.6) is 0 Å². The van der Waals surface area contributed by atoms with Crippen molar-refractivity contribution in [1.82, 2.24) is 20.2 Å². The fourth-order valence-corrected chi connectivity index (χ4v) is 2.92. The largest absolute Gasteiger partial charge is 0.398 e. The molecule has 1 aromatic carbocycles. The zero-order valence-electron chi connectivity index (χ0n) is 12.5. The van der Waals surface area contributed by atoms with Crippen molar-refractivity contribution in [2.45, 2.75) is 32.7 Å². The van der Waals surface area contributed by atoms with Gasteiger partial charge in [0.15, 0.2) is 5.82 Å². The van der Waals surface area contributed by atoms with Gasteiger partial charge in [-0.15, -0.1) is 5.10 Å². The third-order valence-electron chi connectivity index (χ3n) is 4.39. The summed E-state index contributed by atoms with van der Waals surface area (Å²) in [6.07, 6.45) is 2.09. The fourth-order valence-electron chi connectivity index (χ4n) is 2.92. The number of tetrazole rings is 1. The minimum atomic E-state index is 0.235. The van der Waals surface area contributed by atoms with E-state index in [9.17, 15) is 0 Å². The Morgan fingerprint density at radius 2 is 2.10 bits per heavy atom. The molecule has 0 aliphatic carbocycles. The molecule has 1 aliphatic heterocycles. The number of hydrogen-bond donors (Lipinski definition) is 1. The normalized spacial score (nSPS) is 17.8. The molecular formula is C15H21N5O. The molecule has 0 amide bonds. The third kappa shape index (κ3) is 2.63. The summed E-state index contributed by atoms with van der Waals surface area (Å²) in [6.45, 7) is 5.80. The highest BCUT2D eigenvalue weighted by atomic mass is 16.5. The summed E-state index contributed by atoms with van der Waals surface area (Å²) in [6, 6.07) is 6.19. The number of nitrogen functional groups attached to an aromatic ring is 1. The Morgan fingerprint density at radius 1 is 1.33 bits per heavy atom. The number of rotatable bonds is 3. The average Bonchev–Trinajstić information content (AvgIpc) is 2.99. The lowest BCUT2D eigenvalue weighted by Gasteiger charge is -2.28. The Bertz CT molecular complexity index is 618. The monoisotopic (exact) mass is 287 g/mol. The zero-order valence-corrected chi connectivity index (χ0v) is 12.5. The number of para-hydroxylation sites is 1. The Labute approximate surface area is 124 Å². The standard InChI is InChI=1S/C15H21N5O/c1-10-4-3-5-13(14(10)16)15-17-18-19-20(15)11(2)12-6-8-21-9-7-12/h3-5,11-12H,6-9,16H2,1-2H3. The van der Waals surface area contributed by atoms with Gasteiger partial charge in [0, 0.05) is 24.5 Å². The molecule has 1 saturated heterocycles. The molecule has 21 heavy (non-hydrogen) atoms. The van der Waals surface area contributed by atoms with Gasteiger partial charge in [0.1, 0.15) is 0 Å². The molecule has 2 N–H and O–H groups in total. The Hall–Kier alpha value is -1.95.